The molecule has 3 heteroatoms. The first kappa shape index (κ1) is 29.1. The van der Waals surface area contributed by atoms with Gasteiger partial charge >= 0.3 is 0 Å². The van der Waals surface area contributed by atoms with Crippen molar-refractivity contribution in [2.45, 2.75) is 19.3 Å². The van der Waals surface area contributed by atoms with Gasteiger partial charge in [-0.2, -0.15) is 8.75 Å². The highest BCUT2D eigenvalue weighted by Crippen LogP contribution is 2.51. The molecule has 0 atom stereocenters. The van der Waals surface area contributed by atoms with Crippen LogP contribution in [0.15, 0.2) is 158 Å². The Balaban J connectivity index is 1.09. The quantitative estimate of drug-likeness (QED) is 0.176. The lowest BCUT2D eigenvalue weighted by molar-refractivity contribution is 0.660. The Hall–Kier alpha value is -5.90. The number of fused-ring (bicyclic) bond motifs is 9. The standard InChI is InChI=1S/C47H32N2S/c1-47(2)43-22-19-32(31-17-20-38-37-15-9-10-16-40(37)45-46(42(38)27-31)49-50-48-45)26-41(43)39-21-18-33(28-44(39)47)36-24-34(29-11-5-3-6-12-29)23-35(25-36)30-13-7-4-8-14-30/h3-28H,1-2H3. The minimum atomic E-state index is -0.126. The maximum absolute atomic E-state index is 4.75. The minimum absolute atomic E-state index is 0.126. The summed E-state index contributed by atoms with van der Waals surface area (Å²) in [6.07, 6.45) is 0. The lowest BCUT2D eigenvalue weighted by atomic mass is 9.81. The molecular formula is C47H32N2S. The van der Waals surface area contributed by atoms with Crippen LogP contribution in [0.4, 0.5) is 0 Å². The summed E-state index contributed by atoms with van der Waals surface area (Å²) in [5, 5.41) is 4.76. The van der Waals surface area contributed by atoms with Gasteiger partial charge in [0.15, 0.2) is 0 Å². The lowest BCUT2D eigenvalue weighted by Gasteiger charge is -2.22. The van der Waals surface area contributed by atoms with Crippen LogP contribution >= 0.6 is 11.7 Å². The number of rotatable bonds is 4. The average molecular weight is 657 g/mol. The molecule has 0 unspecified atom stereocenters. The van der Waals surface area contributed by atoms with Crippen molar-refractivity contribution in [3.8, 4) is 55.6 Å². The summed E-state index contributed by atoms with van der Waals surface area (Å²) >= 11 is 1.29. The van der Waals surface area contributed by atoms with E-state index in [1.54, 1.807) is 0 Å². The van der Waals surface area contributed by atoms with Gasteiger partial charge in [-0.15, -0.1) is 0 Å². The smallest absolute Gasteiger partial charge is 0.113 e. The fraction of sp³-hybridized carbons (Fsp3) is 0.0638. The van der Waals surface area contributed by atoms with Gasteiger partial charge in [0, 0.05) is 16.2 Å². The van der Waals surface area contributed by atoms with Crippen LogP contribution < -0.4 is 0 Å². The molecule has 0 aliphatic heterocycles. The van der Waals surface area contributed by atoms with Gasteiger partial charge < -0.3 is 0 Å². The van der Waals surface area contributed by atoms with Gasteiger partial charge in [0.25, 0.3) is 0 Å². The molecule has 8 aromatic carbocycles. The molecule has 0 saturated heterocycles. The second kappa shape index (κ2) is 11.1. The van der Waals surface area contributed by atoms with E-state index in [-0.39, 0.29) is 5.41 Å². The van der Waals surface area contributed by atoms with Crippen molar-refractivity contribution in [2.24, 2.45) is 0 Å². The van der Waals surface area contributed by atoms with Crippen molar-refractivity contribution in [1.29, 1.82) is 0 Å². The van der Waals surface area contributed by atoms with Crippen molar-refractivity contribution in [1.82, 2.24) is 8.75 Å². The van der Waals surface area contributed by atoms with E-state index in [0.717, 1.165) is 21.8 Å². The van der Waals surface area contributed by atoms with E-state index in [0.29, 0.717) is 0 Å². The van der Waals surface area contributed by atoms with Crippen LogP contribution in [-0.4, -0.2) is 8.75 Å². The first-order chi connectivity index (χ1) is 24.5. The highest BCUT2D eigenvalue weighted by atomic mass is 32.1. The van der Waals surface area contributed by atoms with E-state index in [9.17, 15) is 0 Å². The zero-order valence-electron chi connectivity index (χ0n) is 27.8. The summed E-state index contributed by atoms with van der Waals surface area (Å²) in [6, 6.07) is 57.9. The molecule has 0 spiro atoms. The molecule has 0 N–H and O–H groups in total. The second-order valence-corrected chi connectivity index (χ2v) is 14.5. The van der Waals surface area contributed by atoms with Crippen LogP contribution in [0.2, 0.25) is 0 Å². The van der Waals surface area contributed by atoms with E-state index >= 15 is 0 Å². The zero-order valence-corrected chi connectivity index (χ0v) is 28.6. The van der Waals surface area contributed by atoms with Crippen molar-refractivity contribution in [3.05, 3.63) is 169 Å². The maximum Gasteiger partial charge on any atom is 0.113 e. The van der Waals surface area contributed by atoms with Gasteiger partial charge in [-0.1, -0.05) is 135 Å². The van der Waals surface area contributed by atoms with Crippen LogP contribution in [0.1, 0.15) is 25.0 Å². The molecule has 50 heavy (non-hydrogen) atoms. The van der Waals surface area contributed by atoms with E-state index in [4.69, 9.17) is 4.37 Å². The molecule has 9 aromatic rings. The fourth-order valence-corrected chi connectivity index (χ4v) is 8.70. The van der Waals surface area contributed by atoms with Crippen molar-refractivity contribution < 1.29 is 0 Å². The van der Waals surface area contributed by atoms with Crippen LogP contribution in [0.5, 0.6) is 0 Å². The van der Waals surface area contributed by atoms with E-state index < -0.39 is 0 Å². The van der Waals surface area contributed by atoms with Crippen molar-refractivity contribution in [3.63, 3.8) is 0 Å². The van der Waals surface area contributed by atoms with Crippen LogP contribution in [-0.2, 0) is 5.41 Å². The molecular weight excluding hydrogens is 625 g/mol. The third kappa shape index (κ3) is 4.47. The Morgan fingerprint density at radius 3 is 1.58 bits per heavy atom. The summed E-state index contributed by atoms with van der Waals surface area (Å²) in [4.78, 5) is 0. The van der Waals surface area contributed by atoms with Gasteiger partial charge in [-0.05, 0) is 114 Å². The first-order valence-electron chi connectivity index (χ1n) is 17.2. The van der Waals surface area contributed by atoms with Crippen LogP contribution in [0.25, 0.3) is 88.2 Å². The van der Waals surface area contributed by atoms with Gasteiger partial charge in [-0.3, -0.25) is 0 Å². The number of hydrogen-bond donors (Lipinski definition) is 0. The van der Waals surface area contributed by atoms with Gasteiger partial charge in [-0.25, -0.2) is 0 Å². The Morgan fingerprint density at radius 1 is 0.360 bits per heavy atom. The Morgan fingerprint density at radius 2 is 0.880 bits per heavy atom. The van der Waals surface area contributed by atoms with E-state index in [1.807, 2.05) is 0 Å². The Kier molecular flexibility index (Phi) is 6.43. The summed E-state index contributed by atoms with van der Waals surface area (Å²) in [7, 11) is 0. The molecule has 1 heterocycles. The summed E-state index contributed by atoms with van der Waals surface area (Å²) < 4.78 is 9.43. The number of nitrogens with zero attached hydrogens (tertiary/aromatic N) is 2. The monoisotopic (exact) mass is 656 g/mol. The summed E-state index contributed by atoms with van der Waals surface area (Å²) in [6.45, 7) is 4.73. The zero-order chi connectivity index (χ0) is 33.4. The molecule has 2 nitrogen and oxygen atoms in total. The van der Waals surface area contributed by atoms with Crippen molar-refractivity contribution >= 4 is 44.3 Å². The molecule has 10 rings (SSSR count). The van der Waals surface area contributed by atoms with Gasteiger partial charge in [0.05, 0.1) is 11.7 Å². The third-order valence-electron chi connectivity index (χ3n) is 10.7. The molecule has 0 fully saturated rings. The Labute approximate surface area is 295 Å². The normalized spacial score (nSPS) is 13.2. The average Bonchev–Trinajstić information content (AvgIpc) is 3.76. The minimum Gasteiger partial charge on any atom is -0.172 e. The number of hydrogen-bond acceptors (Lipinski definition) is 3. The first-order valence-corrected chi connectivity index (χ1v) is 17.9. The van der Waals surface area contributed by atoms with Gasteiger partial charge in [0.1, 0.15) is 11.0 Å². The highest BCUT2D eigenvalue weighted by molar-refractivity contribution is 7.00. The summed E-state index contributed by atoms with van der Waals surface area (Å²) in [5.41, 5.74) is 17.0. The SMILES string of the molecule is CC1(C)c2ccc(-c3ccc4c5ccccc5c5nsnc5c4c3)cc2-c2ccc(-c3cc(-c4ccccc4)cc(-c4ccccc4)c3)cc21. The van der Waals surface area contributed by atoms with Crippen LogP contribution in [0.3, 0.4) is 0 Å². The fourth-order valence-electron chi connectivity index (χ4n) is 8.12. The molecule has 0 bridgehead atoms. The molecule has 0 radical (unpaired) electrons. The van der Waals surface area contributed by atoms with E-state index in [2.05, 4.69) is 176 Å². The van der Waals surface area contributed by atoms with Crippen LogP contribution in [0, 0.1) is 0 Å². The third-order valence-corrected chi connectivity index (χ3v) is 11.3. The highest BCUT2D eigenvalue weighted by Gasteiger charge is 2.36. The van der Waals surface area contributed by atoms with Crippen molar-refractivity contribution in [2.75, 3.05) is 0 Å². The molecule has 0 amide bonds. The number of benzene rings is 8. The number of aromatic nitrogens is 2. The van der Waals surface area contributed by atoms with E-state index in [1.165, 1.54) is 89.3 Å². The molecule has 1 aliphatic rings. The molecule has 1 aliphatic carbocycles. The predicted octanol–water partition coefficient (Wildman–Crippen LogP) is 13.0. The second-order valence-electron chi connectivity index (χ2n) is 13.9. The predicted molar refractivity (Wildman–Crippen MR) is 212 cm³/mol. The lowest BCUT2D eigenvalue weighted by Crippen LogP contribution is -2.15. The summed E-state index contributed by atoms with van der Waals surface area (Å²) in [5.74, 6) is 0. The molecule has 236 valence electrons. The Bertz CT molecular complexity index is 2720. The maximum atomic E-state index is 4.75. The van der Waals surface area contributed by atoms with Gasteiger partial charge in [0.2, 0.25) is 0 Å². The molecule has 1 aromatic heterocycles. The largest absolute Gasteiger partial charge is 0.172 e. The molecule has 0 saturated carbocycles. The topological polar surface area (TPSA) is 25.8 Å².